The van der Waals surface area contributed by atoms with E-state index in [9.17, 15) is 9.50 Å². The summed E-state index contributed by atoms with van der Waals surface area (Å²) in [6.45, 7) is 1.88. The lowest BCUT2D eigenvalue weighted by atomic mass is 10.1. The molecule has 1 unspecified atom stereocenters. The first-order valence-electron chi connectivity index (χ1n) is 6.44. The lowest BCUT2D eigenvalue weighted by molar-refractivity contribution is 0.190. The molecule has 0 heterocycles. The van der Waals surface area contributed by atoms with Gasteiger partial charge >= 0.3 is 0 Å². The molecule has 0 aliphatic carbocycles. The highest BCUT2D eigenvalue weighted by Gasteiger charge is 2.11. The molecule has 5 heteroatoms. The molecular formula is C16H16BrFO3. The number of hydrogen-bond donors (Lipinski definition) is 1. The molecule has 0 spiro atoms. The fourth-order valence-corrected chi connectivity index (χ4v) is 2.53. The van der Waals surface area contributed by atoms with Crippen LogP contribution in [0.2, 0.25) is 0 Å². The number of hydrogen-bond acceptors (Lipinski definition) is 3. The molecule has 0 saturated carbocycles. The van der Waals surface area contributed by atoms with Crippen molar-refractivity contribution in [3.05, 3.63) is 57.8 Å². The fraction of sp³-hybridized carbons (Fsp3) is 0.250. The highest BCUT2D eigenvalue weighted by molar-refractivity contribution is 9.10. The van der Waals surface area contributed by atoms with E-state index in [0.717, 1.165) is 15.8 Å². The molecule has 112 valence electrons. The van der Waals surface area contributed by atoms with Gasteiger partial charge in [-0.05, 0) is 52.7 Å². The normalized spacial score (nSPS) is 12.0. The third-order valence-electron chi connectivity index (χ3n) is 3.04. The minimum Gasteiger partial charge on any atom is -0.496 e. The Morgan fingerprint density at radius 3 is 2.57 bits per heavy atom. The van der Waals surface area contributed by atoms with E-state index in [0.29, 0.717) is 11.3 Å². The Hall–Kier alpha value is -1.59. The molecule has 0 amide bonds. The van der Waals surface area contributed by atoms with Crippen molar-refractivity contribution in [1.29, 1.82) is 0 Å². The monoisotopic (exact) mass is 354 g/mol. The van der Waals surface area contributed by atoms with E-state index in [1.54, 1.807) is 14.0 Å². The van der Waals surface area contributed by atoms with Crippen LogP contribution in [0.15, 0.2) is 40.9 Å². The third kappa shape index (κ3) is 3.95. The molecule has 1 atom stereocenters. The number of halogens is 2. The Balaban J connectivity index is 2.16. The lowest BCUT2D eigenvalue weighted by Crippen LogP contribution is -2.02. The summed E-state index contributed by atoms with van der Waals surface area (Å²) in [5.74, 6) is 0.677. The Morgan fingerprint density at radius 1 is 1.19 bits per heavy atom. The van der Waals surface area contributed by atoms with Gasteiger partial charge in [-0.2, -0.15) is 0 Å². The molecule has 0 fully saturated rings. The molecule has 0 aliphatic rings. The largest absolute Gasteiger partial charge is 0.496 e. The maximum absolute atomic E-state index is 13.3. The predicted octanol–water partition coefficient (Wildman–Crippen LogP) is 4.23. The smallest absolute Gasteiger partial charge is 0.133 e. The first-order chi connectivity index (χ1) is 10.0. The summed E-state index contributed by atoms with van der Waals surface area (Å²) in [7, 11) is 1.60. The van der Waals surface area contributed by atoms with Gasteiger partial charge in [0, 0.05) is 11.6 Å². The van der Waals surface area contributed by atoms with E-state index in [4.69, 9.17) is 9.47 Å². The van der Waals surface area contributed by atoms with Crippen LogP contribution in [-0.4, -0.2) is 12.2 Å². The minimum atomic E-state index is -0.719. The number of aliphatic hydroxyl groups is 1. The summed E-state index contributed by atoms with van der Waals surface area (Å²) in [5, 5.41) is 9.68. The zero-order chi connectivity index (χ0) is 15.4. The summed E-state index contributed by atoms with van der Waals surface area (Å²) in [6, 6.07) is 9.67. The van der Waals surface area contributed by atoms with E-state index < -0.39 is 11.9 Å². The number of benzene rings is 2. The van der Waals surface area contributed by atoms with Crippen LogP contribution in [0.3, 0.4) is 0 Å². The van der Waals surface area contributed by atoms with E-state index in [2.05, 4.69) is 15.9 Å². The zero-order valence-corrected chi connectivity index (χ0v) is 13.4. The minimum absolute atomic E-state index is 0.270. The SMILES string of the molecule is COc1ccc(COc2cc(F)ccc2C(C)O)cc1Br. The quantitative estimate of drug-likeness (QED) is 0.873. The summed E-state index contributed by atoms with van der Waals surface area (Å²) >= 11 is 3.40. The van der Waals surface area contributed by atoms with Crippen molar-refractivity contribution in [3.63, 3.8) is 0 Å². The second-order valence-electron chi connectivity index (χ2n) is 4.62. The standard InChI is InChI=1S/C16H16BrFO3/c1-10(19)13-5-4-12(18)8-16(13)21-9-11-3-6-15(20-2)14(17)7-11/h3-8,10,19H,9H2,1-2H3. The molecule has 0 saturated heterocycles. The van der Waals surface area contributed by atoms with Gasteiger partial charge in [-0.25, -0.2) is 4.39 Å². The van der Waals surface area contributed by atoms with Crippen LogP contribution in [0.25, 0.3) is 0 Å². The van der Waals surface area contributed by atoms with Crippen molar-refractivity contribution < 1.29 is 19.0 Å². The van der Waals surface area contributed by atoms with E-state index >= 15 is 0 Å². The molecule has 0 aromatic heterocycles. The molecule has 3 nitrogen and oxygen atoms in total. The van der Waals surface area contributed by atoms with Gasteiger partial charge in [0.1, 0.15) is 23.9 Å². The summed E-state index contributed by atoms with van der Waals surface area (Å²) in [5.41, 5.74) is 1.47. The van der Waals surface area contributed by atoms with Gasteiger partial charge in [-0.3, -0.25) is 0 Å². The molecule has 0 bridgehead atoms. The Kier molecular flexibility index (Phi) is 5.20. The van der Waals surface area contributed by atoms with Crippen molar-refractivity contribution in [2.45, 2.75) is 19.6 Å². The average molecular weight is 355 g/mol. The number of ether oxygens (including phenoxy) is 2. The van der Waals surface area contributed by atoms with Crippen LogP contribution < -0.4 is 9.47 Å². The van der Waals surface area contributed by atoms with Crippen molar-refractivity contribution in [2.75, 3.05) is 7.11 Å². The lowest BCUT2D eigenvalue weighted by Gasteiger charge is -2.14. The van der Waals surface area contributed by atoms with Gasteiger partial charge in [-0.1, -0.05) is 6.07 Å². The van der Waals surface area contributed by atoms with Crippen LogP contribution in [0, 0.1) is 5.82 Å². The highest BCUT2D eigenvalue weighted by Crippen LogP contribution is 2.29. The van der Waals surface area contributed by atoms with Gasteiger partial charge in [0.05, 0.1) is 17.7 Å². The van der Waals surface area contributed by atoms with Crippen molar-refractivity contribution in [2.24, 2.45) is 0 Å². The fourth-order valence-electron chi connectivity index (χ4n) is 1.94. The topological polar surface area (TPSA) is 38.7 Å². The molecule has 21 heavy (non-hydrogen) atoms. The van der Waals surface area contributed by atoms with Gasteiger partial charge in [0.25, 0.3) is 0 Å². The summed E-state index contributed by atoms with van der Waals surface area (Å²) in [6.07, 6.45) is -0.719. The molecular weight excluding hydrogens is 339 g/mol. The van der Waals surface area contributed by atoms with E-state index in [1.165, 1.54) is 18.2 Å². The van der Waals surface area contributed by atoms with Gasteiger partial charge < -0.3 is 14.6 Å². The summed E-state index contributed by atoms with van der Waals surface area (Å²) in [4.78, 5) is 0. The first-order valence-corrected chi connectivity index (χ1v) is 7.23. The van der Waals surface area contributed by atoms with Crippen molar-refractivity contribution in [3.8, 4) is 11.5 Å². The molecule has 2 aromatic rings. The van der Waals surface area contributed by atoms with Crippen LogP contribution in [0.1, 0.15) is 24.2 Å². The number of rotatable bonds is 5. The second-order valence-corrected chi connectivity index (χ2v) is 5.47. The van der Waals surface area contributed by atoms with Gasteiger partial charge in [0.15, 0.2) is 0 Å². The van der Waals surface area contributed by atoms with Crippen LogP contribution in [0.5, 0.6) is 11.5 Å². The van der Waals surface area contributed by atoms with E-state index in [-0.39, 0.29) is 6.61 Å². The Morgan fingerprint density at radius 2 is 1.95 bits per heavy atom. The molecule has 0 aliphatic heterocycles. The predicted molar refractivity (Wildman–Crippen MR) is 82.1 cm³/mol. The van der Waals surface area contributed by atoms with E-state index in [1.807, 2.05) is 18.2 Å². The van der Waals surface area contributed by atoms with Crippen LogP contribution in [-0.2, 0) is 6.61 Å². The molecule has 2 rings (SSSR count). The molecule has 0 radical (unpaired) electrons. The highest BCUT2D eigenvalue weighted by atomic mass is 79.9. The number of methoxy groups -OCH3 is 1. The number of aliphatic hydroxyl groups excluding tert-OH is 1. The van der Waals surface area contributed by atoms with Crippen molar-refractivity contribution >= 4 is 15.9 Å². The van der Waals surface area contributed by atoms with Crippen molar-refractivity contribution in [1.82, 2.24) is 0 Å². The first kappa shape index (κ1) is 15.8. The Labute approximate surface area is 131 Å². The van der Waals surface area contributed by atoms with Gasteiger partial charge in [-0.15, -0.1) is 0 Å². The molecule has 1 N–H and O–H groups in total. The molecule has 2 aromatic carbocycles. The second kappa shape index (κ2) is 6.91. The summed E-state index contributed by atoms with van der Waals surface area (Å²) < 4.78 is 24.9. The van der Waals surface area contributed by atoms with Gasteiger partial charge in [0.2, 0.25) is 0 Å². The average Bonchev–Trinajstić information content (AvgIpc) is 2.45. The zero-order valence-electron chi connectivity index (χ0n) is 11.8. The maximum atomic E-state index is 13.3. The maximum Gasteiger partial charge on any atom is 0.133 e. The third-order valence-corrected chi connectivity index (χ3v) is 3.66. The van der Waals surface area contributed by atoms with Crippen LogP contribution >= 0.6 is 15.9 Å². The Bertz CT molecular complexity index is 629. The van der Waals surface area contributed by atoms with Crippen LogP contribution in [0.4, 0.5) is 4.39 Å².